The second-order valence-corrected chi connectivity index (χ2v) is 6.40. The molecule has 1 heterocycles. The van der Waals surface area contributed by atoms with Gasteiger partial charge in [-0.3, -0.25) is 0 Å². The van der Waals surface area contributed by atoms with Gasteiger partial charge in [0.15, 0.2) is 0 Å². The minimum atomic E-state index is -0.311. The van der Waals surface area contributed by atoms with Crippen molar-refractivity contribution in [2.24, 2.45) is 0 Å². The van der Waals surface area contributed by atoms with Crippen LogP contribution < -0.4 is 0 Å². The molecular formula is C15H20OS. The van der Waals surface area contributed by atoms with Crippen LogP contribution in [-0.4, -0.2) is 5.11 Å². The van der Waals surface area contributed by atoms with Crippen molar-refractivity contribution in [3.63, 3.8) is 0 Å². The third-order valence-corrected chi connectivity index (χ3v) is 5.25. The van der Waals surface area contributed by atoms with Crippen LogP contribution in [0.15, 0.2) is 17.7 Å². The largest absolute Gasteiger partial charge is 0.383 e. The van der Waals surface area contributed by atoms with Gasteiger partial charge in [-0.2, -0.15) is 0 Å². The van der Waals surface area contributed by atoms with Crippen LogP contribution in [-0.2, 0) is 12.8 Å². The lowest BCUT2D eigenvalue weighted by Crippen LogP contribution is -1.96. The highest BCUT2D eigenvalue weighted by atomic mass is 32.1. The molecule has 17 heavy (non-hydrogen) atoms. The Hall–Kier alpha value is -0.600. The number of aryl methyl sites for hydroxylation is 2. The minimum Gasteiger partial charge on any atom is -0.383 e. The number of thiophene rings is 1. The Morgan fingerprint density at radius 2 is 1.94 bits per heavy atom. The van der Waals surface area contributed by atoms with Crippen molar-refractivity contribution < 1.29 is 5.11 Å². The van der Waals surface area contributed by atoms with Gasteiger partial charge in [0.25, 0.3) is 0 Å². The summed E-state index contributed by atoms with van der Waals surface area (Å²) in [6, 6.07) is 2.27. The highest BCUT2D eigenvalue weighted by molar-refractivity contribution is 7.12. The summed E-state index contributed by atoms with van der Waals surface area (Å²) in [6.07, 6.45) is 11.8. The fraction of sp³-hybridized carbons (Fsp3) is 0.600. The molecule has 1 unspecified atom stereocenters. The molecule has 92 valence electrons. The molecule has 2 aliphatic carbocycles. The molecule has 1 aromatic heterocycles. The molecule has 0 bridgehead atoms. The Morgan fingerprint density at radius 3 is 2.76 bits per heavy atom. The summed E-state index contributed by atoms with van der Waals surface area (Å²) in [7, 11) is 0. The first-order valence-electron chi connectivity index (χ1n) is 6.83. The summed E-state index contributed by atoms with van der Waals surface area (Å²) in [5.74, 6) is 0. The van der Waals surface area contributed by atoms with Gasteiger partial charge in [0, 0.05) is 9.75 Å². The predicted octanol–water partition coefficient (Wildman–Crippen LogP) is 4.16. The molecule has 0 aromatic carbocycles. The van der Waals surface area contributed by atoms with Crippen molar-refractivity contribution in [1.29, 1.82) is 0 Å². The molecule has 0 radical (unpaired) electrons. The van der Waals surface area contributed by atoms with E-state index in [0.717, 1.165) is 12.8 Å². The number of allylic oxidation sites excluding steroid dienone is 1. The van der Waals surface area contributed by atoms with E-state index in [2.05, 4.69) is 12.1 Å². The van der Waals surface area contributed by atoms with Crippen LogP contribution in [0.1, 0.15) is 59.9 Å². The third-order valence-electron chi connectivity index (χ3n) is 3.96. The Kier molecular flexibility index (Phi) is 3.34. The van der Waals surface area contributed by atoms with Gasteiger partial charge in [-0.1, -0.05) is 12.5 Å². The van der Waals surface area contributed by atoms with Crippen LogP contribution >= 0.6 is 11.3 Å². The Balaban J connectivity index is 1.83. The maximum atomic E-state index is 10.4. The average molecular weight is 248 g/mol. The van der Waals surface area contributed by atoms with Gasteiger partial charge >= 0.3 is 0 Å². The van der Waals surface area contributed by atoms with Gasteiger partial charge < -0.3 is 5.11 Å². The second kappa shape index (κ2) is 4.95. The summed E-state index contributed by atoms with van der Waals surface area (Å²) in [4.78, 5) is 2.72. The van der Waals surface area contributed by atoms with Gasteiger partial charge in [0.2, 0.25) is 0 Å². The molecule has 0 fully saturated rings. The Labute approximate surface area is 107 Å². The first-order valence-corrected chi connectivity index (χ1v) is 7.65. The van der Waals surface area contributed by atoms with Crippen LogP contribution in [0.4, 0.5) is 0 Å². The van der Waals surface area contributed by atoms with E-state index >= 15 is 0 Å². The lowest BCUT2D eigenvalue weighted by Gasteiger charge is -2.09. The molecule has 0 aliphatic heterocycles. The monoisotopic (exact) mass is 248 g/mol. The quantitative estimate of drug-likeness (QED) is 0.615. The molecule has 1 N–H and O–H groups in total. The van der Waals surface area contributed by atoms with E-state index in [9.17, 15) is 5.11 Å². The smallest absolute Gasteiger partial charge is 0.109 e. The molecule has 0 spiro atoms. The van der Waals surface area contributed by atoms with Crippen LogP contribution in [0.5, 0.6) is 0 Å². The van der Waals surface area contributed by atoms with E-state index in [4.69, 9.17) is 0 Å². The molecular weight excluding hydrogens is 228 g/mol. The molecule has 1 nitrogen and oxygen atoms in total. The predicted molar refractivity (Wildman–Crippen MR) is 72.5 cm³/mol. The van der Waals surface area contributed by atoms with E-state index in [-0.39, 0.29) is 6.10 Å². The van der Waals surface area contributed by atoms with E-state index in [1.807, 2.05) is 11.3 Å². The van der Waals surface area contributed by atoms with Gasteiger partial charge in [0.05, 0.1) is 0 Å². The Bertz CT molecular complexity index is 407. The third kappa shape index (κ3) is 2.34. The molecule has 2 heteroatoms. The normalized spacial score (nSPS) is 21.8. The minimum absolute atomic E-state index is 0.311. The molecule has 0 saturated heterocycles. The highest BCUT2D eigenvalue weighted by Crippen LogP contribution is 2.37. The van der Waals surface area contributed by atoms with Crippen molar-refractivity contribution in [1.82, 2.24) is 0 Å². The number of hydrogen-bond donors (Lipinski definition) is 1. The maximum absolute atomic E-state index is 10.4. The van der Waals surface area contributed by atoms with Crippen molar-refractivity contribution in [3.8, 4) is 0 Å². The number of aliphatic hydroxyl groups is 1. The second-order valence-electron chi connectivity index (χ2n) is 5.23. The zero-order valence-electron chi connectivity index (χ0n) is 10.2. The number of aliphatic hydroxyl groups excluding tert-OH is 1. The van der Waals surface area contributed by atoms with Crippen LogP contribution in [0.2, 0.25) is 0 Å². The van der Waals surface area contributed by atoms with E-state index in [1.54, 1.807) is 0 Å². The van der Waals surface area contributed by atoms with Crippen molar-refractivity contribution in [2.75, 3.05) is 0 Å². The standard InChI is InChI=1S/C15H20OS/c16-15(11-6-4-5-7-11)14-10-12-8-2-1-3-9-13(12)17-14/h6,10,15-16H,1-5,7-9H2. The van der Waals surface area contributed by atoms with E-state index < -0.39 is 0 Å². The zero-order chi connectivity index (χ0) is 11.7. The van der Waals surface area contributed by atoms with Gasteiger partial charge in [-0.25, -0.2) is 0 Å². The summed E-state index contributed by atoms with van der Waals surface area (Å²) in [6.45, 7) is 0. The van der Waals surface area contributed by atoms with E-state index in [1.165, 1.54) is 59.4 Å². The lowest BCUT2D eigenvalue weighted by atomic mass is 10.1. The number of fused-ring (bicyclic) bond motifs is 1. The molecule has 2 aliphatic rings. The summed E-state index contributed by atoms with van der Waals surface area (Å²) < 4.78 is 0. The number of hydrogen-bond acceptors (Lipinski definition) is 2. The average Bonchev–Trinajstić information content (AvgIpc) is 2.95. The van der Waals surface area contributed by atoms with Gasteiger partial charge in [-0.05, 0) is 62.1 Å². The first kappa shape index (κ1) is 11.5. The maximum Gasteiger partial charge on any atom is 0.109 e. The van der Waals surface area contributed by atoms with Gasteiger partial charge in [-0.15, -0.1) is 11.3 Å². The highest BCUT2D eigenvalue weighted by Gasteiger charge is 2.20. The Morgan fingerprint density at radius 1 is 1.06 bits per heavy atom. The van der Waals surface area contributed by atoms with Crippen LogP contribution in [0.25, 0.3) is 0 Å². The van der Waals surface area contributed by atoms with Crippen molar-refractivity contribution in [3.05, 3.63) is 33.0 Å². The molecule has 3 rings (SSSR count). The lowest BCUT2D eigenvalue weighted by molar-refractivity contribution is 0.216. The topological polar surface area (TPSA) is 20.2 Å². The molecule has 0 saturated carbocycles. The molecule has 0 amide bonds. The summed E-state index contributed by atoms with van der Waals surface area (Å²) in [5.41, 5.74) is 2.77. The van der Waals surface area contributed by atoms with Crippen molar-refractivity contribution >= 4 is 11.3 Å². The summed E-state index contributed by atoms with van der Waals surface area (Å²) >= 11 is 1.85. The number of rotatable bonds is 2. The molecule has 1 atom stereocenters. The van der Waals surface area contributed by atoms with Crippen LogP contribution in [0.3, 0.4) is 0 Å². The summed E-state index contributed by atoms with van der Waals surface area (Å²) in [5, 5.41) is 10.4. The first-order chi connectivity index (χ1) is 8.34. The zero-order valence-corrected chi connectivity index (χ0v) is 11.1. The molecule has 1 aromatic rings. The SMILES string of the molecule is OC(C1=CCCC1)c1cc2c(s1)CCCCC2. The fourth-order valence-electron chi connectivity index (χ4n) is 2.95. The van der Waals surface area contributed by atoms with Crippen molar-refractivity contribution in [2.45, 2.75) is 57.5 Å². The fourth-order valence-corrected chi connectivity index (χ4v) is 4.24. The van der Waals surface area contributed by atoms with E-state index in [0.29, 0.717) is 0 Å². The van der Waals surface area contributed by atoms with Gasteiger partial charge in [0.1, 0.15) is 6.10 Å². The van der Waals surface area contributed by atoms with Crippen LogP contribution in [0, 0.1) is 0 Å².